The smallest absolute Gasteiger partial charge is 0.326 e. The third-order valence-corrected chi connectivity index (χ3v) is 4.84. The Morgan fingerprint density at radius 2 is 1.96 bits per heavy atom. The molecule has 2 rings (SSSR count). The molecule has 7 heteroatoms. The minimum absolute atomic E-state index is 0.125. The first-order chi connectivity index (χ1) is 12.9. The summed E-state index contributed by atoms with van der Waals surface area (Å²) in [4.78, 5) is 36.2. The zero-order chi connectivity index (χ0) is 19.8. The molecule has 0 unspecified atom stereocenters. The predicted octanol–water partition coefficient (Wildman–Crippen LogP) is 2.05. The Kier molecular flexibility index (Phi) is 7.64. The summed E-state index contributed by atoms with van der Waals surface area (Å²) in [6, 6.07) is 6.72. The van der Waals surface area contributed by atoms with Crippen LogP contribution in [0.4, 0.5) is 0 Å². The second kappa shape index (κ2) is 9.94. The van der Waals surface area contributed by atoms with Crippen molar-refractivity contribution in [3.05, 3.63) is 29.8 Å². The van der Waals surface area contributed by atoms with Crippen molar-refractivity contribution in [1.82, 2.24) is 10.6 Å². The van der Waals surface area contributed by atoms with Gasteiger partial charge < -0.3 is 20.1 Å². The molecule has 1 aliphatic rings. The fraction of sp³-hybridized carbons (Fsp3) is 0.550. The minimum atomic E-state index is -0.902. The van der Waals surface area contributed by atoms with E-state index in [0.717, 1.165) is 19.3 Å². The quantitative estimate of drug-likeness (QED) is 0.711. The van der Waals surface area contributed by atoms with Gasteiger partial charge in [-0.05, 0) is 43.9 Å². The van der Waals surface area contributed by atoms with Crippen LogP contribution in [-0.4, -0.2) is 43.6 Å². The van der Waals surface area contributed by atoms with Crippen molar-refractivity contribution in [2.45, 2.75) is 51.7 Å². The molecule has 1 aromatic rings. The Morgan fingerprint density at radius 3 is 2.67 bits per heavy atom. The van der Waals surface area contributed by atoms with Gasteiger partial charge in [0.1, 0.15) is 12.3 Å². The summed E-state index contributed by atoms with van der Waals surface area (Å²) in [5.74, 6) is -0.411. The second-order valence-corrected chi connectivity index (χ2v) is 6.92. The van der Waals surface area contributed by atoms with E-state index in [1.165, 1.54) is 20.5 Å². The van der Waals surface area contributed by atoms with Crippen LogP contribution in [0.1, 0.15) is 49.9 Å². The molecule has 0 aromatic heterocycles. The highest BCUT2D eigenvalue weighted by atomic mass is 16.5. The molecule has 1 aliphatic carbocycles. The van der Waals surface area contributed by atoms with Gasteiger partial charge in [0.2, 0.25) is 0 Å². The van der Waals surface area contributed by atoms with Crippen molar-refractivity contribution in [2.75, 3.05) is 13.7 Å². The van der Waals surface area contributed by atoms with Gasteiger partial charge in [-0.1, -0.05) is 25.8 Å². The highest BCUT2D eigenvalue weighted by Crippen LogP contribution is 2.23. The molecule has 1 saturated carbocycles. The lowest BCUT2D eigenvalue weighted by Crippen LogP contribution is -2.46. The maximum atomic E-state index is 12.2. The fourth-order valence-corrected chi connectivity index (χ4v) is 3.14. The average molecular weight is 376 g/mol. The Hall–Kier alpha value is -2.57. The molecular formula is C20H28N2O5. The number of carbonyl (C=O) groups excluding carboxylic acids is 3. The number of hydrogen-bond donors (Lipinski definition) is 2. The van der Waals surface area contributed by atoms with Crippen LogP contribution in [0.3, 0.4) is 0 Å². The normalized spacial score (nSPS) is 20.3. The number of amides is 2. The van der Waals surface area contributed by atoms with Gasteiger partial charge in [0.25, 0.3) is 11.8 Å². The van der Waals surface area contributed by atoms with E-state index in [1.807, 2.05) is 0 Å². The van der Waals surface area contributed by atoms with Crippen molar-refractivity contribution in [3.63, 3.8) is 0 Å². The maximum absolute atomic E-state index is 12.2. The van der Waals surface area contributed by atoms with Gasteiger partial charge in [0.05, 0.1) is 7.11 Å². The lowest BCUT2D eigenvalue weighted by atomic mass is 9.86. The Bertz CT molecular complexity index is 676. The highest BCUT2D eigenvalue weighted by Gasteiger charge is 2.26. The Morgan fingerprint density at radius 1 is 1.22 bits per heavy atom. The van der Waals surface area contributed by atoms with E-state index in [1.54, 1.807) is 24.3 Å². The minimum Gasteiger partial charge on any atom is -0.497 e. The molecule has 1 fully saturated rings. The molecule has 0 radical (unpaired) electrons. The summed E-state index contributed by atoms with van der Waals surface area (Å²) in [5.41, 5.74) is 0.374. The molecule has 3 atom stereocenters. The van der Waals surface area contributed by atoms with E-state index in [4.69, 9.17) is 9.47 Å². The molecule has 2 amide bonds. The largest absolute Gasteiger partial charge is 0.497 e. The first kappa shape index (κ1) is 20.7. The Labute approximate surface area is 159 Å². The molecule has 27 heavy (non-hydrogen) atoms. The maximum Gasteiger partial charge on any atom is 0.326 e. The van der Waals surface area contributed by atoms with Gasteiger partial charge in [0, 0.05) is 11.6 Å². The number of nitrogens with one attached hydrogen (secondary N) is 2. The molecule has 0 aliphatic heterocycles. The van der Waals surface area contributed by atoms with Crippen molar-refractivity contribution in [1.29, 1.82) is 0 Å². The molecule has 0 saturated heterocycles. The third kappa shape index (κ3) is 6.27. The van der Waals surface area contributed by atoms with E-state index in [0.29, 0.717) is 17.2 Å². The lowest BCUT2D eigenvalue weighted by molar-refractivity contribution is -0.154. The number of methoxy groups -OCH3 is 1. The van der Waals surface area contributed by atoms with Gasteiger partial charge in [-0.15, -0.1) is 0 Å². The SMILES string of the molecule is COc1cccc(C(=O)NCC(=O)O[C@H](C)C(=O)N[C@@H]2CCCC[C@H]2C)c1. The van der Waals surface area contributed by atoms with Gasteiger partial charge in [-0.2, -0.15) is 0 Å². The van der Waals surface area contributed by atoms with Gasteiger partial charge in [-0.25, -0.2) is 0 Å². The summed E-state index contributed by atoms with van der Waals surface area (Å²) in [6.07, 6.45) is 3.42. The van der Waals surface area contributed by atoms with Gasteiger partial charge in [-0.3, -0.25) is 14.4 Å². The lowest BCUT2D eigenvalue weighted by Gasteiger charge is -2.30. The van der Waals surface area contributed by atoms with Crippen LogP contribution in [0.2, 0.25) is 0 Å². The van der Waals surface area contributed by atoms with Crippen LogP contribution in [-0.2, 0) is 14.3 Å². The molecule has 0 spiro atoms. The monoisotopic (exact) mass is 376 g/mol. The zero-order valence-electron chi connectivity index (χ0n) is 16.1. The standard InChI is InChI=1S/C20H28N2O5/c1-13-7-4-5-10-17(13)22-19(24)14(2)27-18(23)12-21-20(25)15-8-6-9-16(11-15)26-3/h6,8-9,11,13-14,17H,4-5,7,10,12H2,1-3H3,(H,21,25)(H,22,24)/t13-,14-,17-/m1/s1. The van der Waals surface area contributed by atoms with Crippen molar-refractivity contribution >= 4 is 17.8 Å². The number of esters is 1. The van der Waals surface area contributed by atoms with Crippen LogP contribution in [0, 0.1) is 5.92 Å². The molecule has 7 nitrogen and oxygen atoms in total. The number of benzene rings is 1. The van der Waals surface area contributed by atoms with Gasteiger partial charge in [0.15, 0.2) is 6.10 Å². The third-order valence-electron chi connectivity index (χ3n) is 4.84. The first-order valence-electron chi connectivity index (χ1n) is 9.32. The molecule has 2 N–H and O–H groups in total. The number of carbonyl (C=O) groups is 3. The molecular weight excluding hydrogens is 348 g/mol. The molecule has 1 aromatic carbocycles. The van der Waals surface area contributed by atoms with Crippen LogP contribution in [0.25, 0.3) is 0 Å². The summed E-state index contributed by atoms with van der Waals surface area (Å²) >= 11 is 0. The summed E-state index contributed by atoms with van der Waals surface area (Å²) in [6.45, 7) is 3.34. The van der Waals surface area contributed by atoms with Crippen LogP contribution >= 0.6 is 0 Å². The Balaban J connectivity index is 1.76. The van der Waals surface area contributed by atoms with Crippen molar-refractivity contribution < 1.29 is 23.9 Å². The summed E-state index contributed by atoms with van der Waals surface area (Å²) in [7, 11) is 1.51. The van der Waals surface area contributed by atoms with E-state index in [2.05, 4.69) is 17.6 Å². The van der Waals surface area contributed by atoms with Crippen molar-refractivity contribution in [3.8, 4) is 5.75 Å². The van der Waals surface area contributed by atoms with Gasteiger partial charge >= 0.3 is 5.97 Å². The summed E-state index contributed by atoms with van der Waals surface area (Å²) in [5, 5.41) is 5.44. The molecule has 0 bridgehead atoms. The number of ether oxygens (including phenoxy) is 2. The van der Waals surface area contributed by atoms with E-state index in [-0.39, 0.29) is 18.5 Å². The average Bonchev–Trinajstić information content (AvgIpc) is 2.67. The van der Waals surface area contributed by atoms with E-state index in [9.17, 15) is 14.4 Å². The first-order valence-corrected chi connectivity index (χ1v) is 9.32. The van der Waals surface area contributed by atoms with Crippen LogP contribution in [0.5, 0.6) is 5.75 Å². The molecule has 0 heterocycles. The second-order valence-electron chi connectivity index (χ2n) is 6.92. The van der Waals surface area contributed by atoms with E-state index < -0.39 is 18.0 Å². The summed E-state index contributed by atoms with van der Waals surface area (Å²) < 4.78 is 10.2. The van der Waals surface area contributed by atoms with Crippen LogP contribution < -0.4 is 15.4 Å². The van der Waals surface area contributed by atoms with Crippen LogP contribution in [0.15, 0.2) is 24.3 Å². The fourth-order valence-electron chi connectivity index (χ4n) is 3.14. The predicted molar refractivity (Wildman–Crippen MR) is 100 cm³/mol. The zero-order valence-corrected chi connectivity index (χ0v) is 16.1. The molecule has 148 valence electrons. The topological polar surface area (TPSA) is 93.7 Å². The number of hydrogen-bond acceptors (Lipinski definition) is 5. The van der Waals surface area contributed by atoms with E-state index >= 15 is 0 Å². The van der Waals surface area contributed by atoms with Crippen molar-refractivity contribution in [2.24, 2.45) is 5.92 Å². The highest BCUT2D eigenvalue weighted by molar-refractivity contribution is 5.96. The number of rotatable bonds is 7.